The first kappa shape index (κ1) is 8.37. The summed E-state index contributed by atoms with van der Waals surface area (Å²) in [7, 11) is -2.11. The molecule has 0 bridgehead atoms. The highest BCUT2D eigenvalue weighted by Gasteiger charge is 2.10. The summed E-state index contributed by atoms with van der Waals surface area (Å²) in [6.45, 7) is 1.06. The zero-order chi connectivity index (χ0) is 7.28. The van der Waals surface area contributed by atoms with Crippen molar-refractivity contribution >= 4 is 13.3 Å². The Hall–Kier alpha value is -0.625. The lowest BCUT2D eigenvalue weighted by Gasteiger charge is -1.96. The van der Waals surface area contributed by atoms with Crippen molar-refractivity contribution in [1.29, 1.82) is 0 Å². The number of carbonyl (C=O) groups is 1. The van der Waals surface area contributed by atoms with Crippen molar-refractivity contribution in [2.24, 2.45) is 0 Å². The molecule has 0 saturated heterocycles. The van der Waals surface area contributed by atoms with Crippen molar-refractivity contribution < 1.29 is 29.6 Å². The van der Waals surface area contributed by atoms with Crippen LogP contribution in [0.1, 0.15) is 6.92 Å². The van der Waals surface area contributed by atoms with Gasteiger partial charge in [0, 0.05) is 6.92 Å². The molecular weight excluding hydrogens is 131 g/mol. The highest BCUT2D eigenvalue weighted by molar-refractivity contribution is 6.32. The van der Waals surface area contributed by atoms with E-state index in [9.17, 15) is 4.79 Å². The second-order valence-electron chi connectivity index (χ2n) is 1.07. The zero-order valence-electron chi connectivity index (χ0n) is 4.60. The van der Waals surface area contributed by atoms with Crippen LogP contribution in [0.5, 0.6) is 0 Å². The van der Waals surface area contributed by atoms with Crippen molar-refractivity contribution in [3.05, 3.63) is 0 Å². The first-order valence-corrected chi connectivity index (χ1v) is 1.99. The minimum atomic E-state index is -2.11. The molecule has 6 nitrogen and oxygen atoms in total. The molecule has 9 heavy (non-hydrogen) atoms. The topological polar surface area (TPSA) is 85.2 Å². The van der Waals surface area contributed by atoms with Gasteiger partial charge in [0.05, 0.1) is 0 Å². The SMILES string of the molecule is CC(=O)OOOB(O)O. The molecule has 0 aliphatic heterocycles. The lowest BCUT2D eigenvalue weighted by atomic mass is 10.3. The van der Waals surface area contributed by atoms with Crippen LogP contribution in [0.3, 0.4) is 0 Å². The molecule has 0 aliphatic rings. The molecule has 2 N–H and O–H groups in total. The van der Waals surface area contributed by atoms with E-state index in [0.717, 1.165) is 6.92 Å². The summed E-state index contributed by atoms with van der Waals surface area (Å²) in [6, 6.07) is 0. The van der Waals surface area contributed by atoms with E-state index in [1.165, 1.54) is 0 Å². The fourth-order valence-electron chi connectivity index (χ4n) is 0.103. The predicted molar refractivity (Wildman–Crippen MR) is 24.1 cm³/mol. The Morgan fingerprint density at radius 2 is 2.11 bits per heavy atom. The summed E-state index contributed by atoms with van der Waals surface area (Å²) in [5.74, 6) is -0.754. The lowest BCUT2D eigenvalue weighted by Crippen LogP contribution is -2.18. The van der Waals surface area contributed by atoms with Gasteiger partial charge in [0.1, 0.15) is 0 Å². The first-order chi connectivity index (χ1) is 4.13. The largest absolute Gasteiger partial charge is 0.665 e. The first-order valence-electron chi connectivity index (χ1n) is 1.99. The molecule has 7 heteroatoms. The fraction of sp³-hybridized carbons (Fsp3) is 0.500. The van der Waals surface area contributed by atoms with Crippen LogP contribution in [0.25, 0.3) is 0 Å². The summed E-state index contributed by atoms with van der Waals surface area (Å²) in [6.07, 6.45) is 0. The van der Waals surface area contributed by atoms with E-state index >= 15 is 0 Å². The third-order valence-electron chi connectivity index (χ3n) is 0.277. The van der Waals surface area contributed by atoms with E-state index in [-0.39, 0.29) is 0 Å². The number of rotatable bonds is 3. The molecule has 0 saturated carbocycles. The molecular formula is C2H5BO6. The second-order valence-corrected chi connectivity index (χ2v) is 1.07. The van der Waals surface area contributed by atoms with E-state index in [1.54, 1.807) is 0 Å². The molecule has 0 fully saturated rings. The smallest absolute Gasteiger partial charge is 0.400 e. The van der Waals surface area contributed by atoms with Crippen LogP contribution in [0.4, 0.5) is 0 Å². The van der Waals surface area contributed by atoms with Crippen LogP contribution in [-0.2, 0) is 19.5 Å². The summed E-state index contributed by atoms with van der Waals surface area (Å²) in [5, 5.41) is 19.3. The van der Waals surface area contributed by atoms with Gasteiger partial charge in [0.2, 0.25) is 0 Å². The van der Waals surface area contributed by atoms with Crippen LogP contribution < -0.4 is 0 Å². The van der Waals surface area contributed by atoms with Gasteiger partial charge in [-0.05, 0) is 5.04 Å². The van der Waals surface area contributed by atoms with Crippen molar-refractivity contribution in [2.75, 3.05) is 0 Å². The highest BCUT2D eigenvalue weighted by Crippen LogP contribution is 1.81. The van der Waals surface area contributed by atoms with E-state index in [1.807, 2.05) is 0 Å². The molecule has 0 rings (SSSR count). The zero-order valence-corrected chi connectivity index (χ0v) is 4.60. The molecule has 0 unspecified atom stereocenters. The molecule has 0 aliphatic carbocycles. The van der Waals surface area contributed by atoms with Gasteiger partial charge in [0.25, 0.3) is 0 Å². The summed E-state index contributed by atoms with van der Waals surface area (Å²) in [5.41, 5.74) is 0. The van der Waals surface area contributed by atoms with E-state index in [4.69, 9.17) is 10.0 Å². The second kappa shape index (κ2) is 4.27. The van der Waals surface area contributed by atoms with Gasteiger partial charge < -0.3 is 10.0 Å². The van der Waals surface area contributed by atoms with Gasteiger partial charge >= 0.3 is 13.3 Å². The number of carbonyl (C=O) groups excluding carboxylic acids is 1. The van der Waals surface area contributed by atoms with E-state index < -0.39 is 13.3 Å². The van der Waals surface area contributed by atoms with Crippen LogP contribution in [-0.4, -0.2) is 23.3 Å². The van der Waals surface area contributed by atoms with Crippen molar-refractivity contribution in [3.63, 3.8) is 0 Å². The fourth-order valence-corrected chi connectivity index (χ4v) is 0.103. The standard InChI is InChI=1S/C2H5BO6/c1-2(4)7-9-8-3(5)6/h5-6H,1H3. The van der Waals surface area contributed by atoms with E-state index in [0.29, 0.717) is 0 Å². The average molecular weight is 136 g/mol. The van der Waals surface area contributed by atoms with E-state index in [2.05, 4.69) is 14.7 Å². The van der Waals surface area contributed by atoms with Gasteiger partial charge in [0.15, 0.2) is 0 Å². The lowest BCUT2D eigenvalue weighted by molar-refractivity contribution is -0.450. The third-order valence-corrected chi connectivity index (χ3v) is 0.277. The van der Waals surface area contributed by atoms with Gasteiger partial charge in [-0.2, -0.15) is 4.81 Å². The molecule has 0 aromatic rings. The summed E-state index contributed by atoms with van der Waals surface area (Å²) >= 11 is 0. The Kier molecular flexibility index (Phi) is 3.98. The Balaban J connectivity index is 3.01. The summed E-state index contributed by atoms with van der Waals surface area (Å²) in [4.78, 5) is 17.0. The third kappa shape index (κ3) is 7.37. The average Bonchev–Trinajstić information content (AvgIpc) is 1.63. The molecule has 52 valence electrons. The Morgan fingerprint density at radius 3 is 2.44 bits per heavy atom. The maximum atomic E-state index is 9.83. The maximum absolute atomic E-state index is 9.83. The van der Waals surface area contributed by atoms with Gasteiger partial charge in [-0.3, -0.25) is 4.89 Å². The molecule has 0 heterocycles. The van der Waals surface area contributed by atoms with Crippen molar-refractivity contribution in [2.45, 2.75) is 6.92 Å². The monoisotopic (exact) mass is 136 g/mol. The molecule has 0 aromatic heterocycles. The minimum Gasteiger partial charge on any atom is -0.400 e. The molecule has 0 amide bonds. The molecule has 0 atom stereocenters. The minimum absolute atomic E-state index is 0.754. The van der Waals surface area contributed by atoms with Crippen LogP contribution in [0, 0.1) is 0 Å². The van der Waals surface area contributed by atoms with Crippen LogP contribution in [0.2, 0.25) is 0 Å². The quantitative estimate of drug-likeness (QED) is 0.275. The normalized spacial score (nSPS) is 8.78. The maximum Gasteiger partial charge on any atom is 0.665 e. The highest BCUT2D eigenvalue weighted by atomic mass is 17.5. The molecule has 0 radical (unpaired) electrons. The molecule has 0 aromatic carbocycles. The molecule has 0 spiro atoms. The predicted octanol–water partition coefficient (Wildman–Crippen LogP) is -1.62. The Bertz CT molecular complexity index is 91.1. The Labute approximate surface area is 51.0 Å². The number of hydrogen-bond acceptors (Lipinski definition) is 6. The van der Waals surface area contributed by atoms with Crippen molar-refractivity contribution in [1.82, 2.24) is 0 Å². The van der Waals surface area contributed by atoms with Crippen LogP contribution >= 0.6 is 0 Å². The van der Waals surface area contributed by atoms with Gasteiger partial charge in [-0.15, -0.1) is 0 Å². The Morgan fingerprint density at radius 1 is 1.56 bits per heavy atom. The van der Waals surface area contributed by atoms with Gasteiger partial charge in [-0.25, -0.2) is 4.79 Å². The summed E-state index contributed by atoms with van der Waals surface area (Å²) < 4.78 is 0. The number of hydrogen-bond donors (Lipinski definition) is 2. The van der Waals surface area contributed by atoms with Crippen LogP contribution in [0.15, 0.2) is 0 Å². The van der Waals surface area contributed by atoms with Gasteiger partial charge in [-0.1, -0.05) is 0 Å². The van der Waals surface area contributed by atoms with Crippen molar-refractivity contribution in [3.8, 4) is 0 Å².